The molecule has 2 amide bonds. The third-order valence-corrected chi connectivity index (χ3v) is 5.58. The molecule has 1 aromatic carbocycles. The second-order valence-corrected chi connectivity index (χ2v) is 8.33. The number of nitrogens with one attached hydrogen (secondary N) is 1. The Morgan fingerprint density at radius 1 is 1.22 bits per heavy atom. The van der Waals surface area contributed by atoms with Gasteiger partial charge in [0.1, 0.15) is 0 Å². The zero-order valence-electron chi connectivity index (χ0n) is 15.4. The summed E-state index contributed by atoms with van der Waals surface area (Å²) in [6.45, 7) is 2.52. The summed E-state index contributed by atoms with van der Waals surface area (Å²) in [5, 5.41) is 5.94. The van der Waals surface area contributed by atoms with Gasteiger partial charge >= 0.3 is 0 Å². The van der Waals surface area contributed by atoms with Gasteiger partial charge in [0.25, 0.3) is 5.91 Å². The quantitative estimate of drug-likeness (QED) is 0.746. The Labute approximate surface area is 163 Å². The van der Waals surface area contributed by atoms with Crippen LogP contribution in [-0.4, -0.2) is 33.8 Å². The lowest BCUT2D eigenvalue weighted by atomic mass is 10.1. The van der Waals surface area contributed by atoms with Gasteiger partial charge in [0.05, 0.1) is 10.7 Å². The Morgan fingerprint density at radius 2 is 1.96 bits per heavy atom. The number of hydrogen-bond acceptors (Lipinski definition) is 4. The van der Waals surface area contributed by atoms with Crippen molar-refractivity contribution in [1.29, 1.82) is 0 Å². The Balaban J connectivity index is 1.39. The first-order chi connectivity index (χ1) is 13.1. The Hall–Kier alpha value is -2.47. The van der Waals surface area contributed by atoms with Crippen LogP contribution < -0.4 is 5.32 Å². The molecule has 2 saturated carbocycles. The average molecular weight is 382 g/mol. The highest BCUT2D eigenvalue weighted by Gasteiger charge is 2.31. The fraction of sp³-hybridized carbons (Fsp3) is 0.381. The molecule has 2 aliphatic rings. The van der Waals surface area contributed by atoms with Crippen LogP contribution in [0.1, 0.15) is 52.3 Å². The van der Waals surface area contributed by atoms with Crippen LogP contribution in [0.5, 0.6) is 0 Å². The highest BCUT2D eigenvalue weighted by Crippen LogP contribution is 2.29. The maximum absolute atomic E-state index is 12.7. The molecule has 2 aliphatic carbocycles. The molecular weight excluding hydrogens is 358 g/mol. The monoisotopic (exact) mass is 381 g/mol. The fourth-order valence-corrected chi connectivity index (χ4v) is 3.52. The molecule has 140 valence electrons. The van der Waals surface area contributed by atoms with Crippen LogP contribution in [0, 0.1) is 6.92 Å². The van der Waals surface area contributed by atoms with E-state index < -0.39 is 0 Å². The molecule has 1 N–H and O–H groups in total. The van der Waals surface area contributed by atoms with E-state index >= 15 is 0 Å². The van der Waals surface area contributed by atoms with Crippen LogP contribution >= 0.6 is 11.3 Å². The molecule has 0 aliphatic heterocycles. The van der Waals surface area contributed by atoms with Gasteiger partial charge in [0, 0.05) is 35.6 Å². The van der Waals surface area contributed by atoms with Gasteiger partial charge < -0.3 is 10.2 Å². The minimum Gasteiger partial charge on any atom is -0.349 e. The van der Waals surface area contributed by atoms with Crippen molar-refractivity contribution in [2.45, 2.75) is 51.2 Å². The van der Waals surface area contributed by atoms with E-state index in [1.54, 1.807) is 23.5 Å². The van der Waals surface area contributed by atoms with E-state index in [0.717, 1.165) is 41.9 Å². The number of rotatable bonds is 7. The van der Waals surface area contributed by atoms with Crippen molar-refractivity contribution in [3.05, 3.63) is 57.6 Å². The number of hydrogen-bond donors (Lipinski definition) is 1. The number of amides is 2. The summed E-state index contributed by atoms with van der Waals surface area (Å²) in [5.74, 6) is -0.000582. The van der Waals surface area contributed by atoms with Crippen LogP contribution in [0.4, 0.5) is 0 Å². The molecule has 0 spiro atoms. The van der Waals surface area contributed by atoms with Gasteiger partial charge in [-0.1, -0.05) is 12.1 Å². The van der Waals surface area contributed by atoms with Crippen molar-refractivity contribution in [3.8, 4) is 0 Å². The molecule has 1 heterocycles. The topological polar surface area (TPSA) is 62.3 Å². The molecule has 2 fully saturated rings. The molecule has 6 heteroatoms. The van der Waals surface area contributed by atoms with Crippen molar-refractivity contribution >= 4 is 29.2 Å². The molecule has 2 aromatic rings. The lowest BCUT2D eigenvalue weighted by molar-refractivity contribution is -0.127. The van der Waals surface area contributed by atoms with Crippen LogP contribution in [0.15, 0.2) is 35.7 Å². The van der Waals surface area contributed by atoms with Crippen molar-refractivity contribution in [2.75, 3.05) is 0 Å². The van der Waals surface area contributed by atoms with E-state index in [1.807, 2.05) is 41.5 Å². The maximum atomic E-state index is 12.7. The number of carbonyl (C=O) groups excluding carboxylic acids is 2. The van der Waals surface area contributed by atoms with Gasteiger partial charge in [-0.15, -0.1) is 11.3 Å². The van der Waals surface area contributed by atoms with Crippen molar-refractivity contribution in [3.63, 3.8) is 0 Å². The average Bonchev–Trinajstić information content (AvgIpc) is 3.59. The summed E-state index contributed by atoms with van der Waals surface area (Å²) in [4.78, 5) is 31.0. The zero-order valence-corrected chi connectivity index (χ0v) is 16.2. The van der Waals surface area contributed by atoms with E-state index in [0.29, 0.717) is 24.2 Å². The third kappa shape index (κ3) is 4.83. The molecule has 27 heavy (non-hydrogen) atoms. The molecule has 0 bridgehead atoms. The summed E-state index contributed by atoms with van der Waals surface area (Å²) in [5.41, 5.74) is 2.54. The molecule has 0 radical (unpaired) electrons. The number of aromatic nitrogens is 1. The summed E-state index contributed by atoms with van der Waals surface area (Å²) in [6.07, 6.45) is 7.66. The lowest BCUT2D eigenvalue weighted by Gasteiger charge is -2.21. The normalized spacial score (nSPS) is 16.5. The SMILES string of the molecule is Cc1nc(/C=C/C(=O)N(Cc2ccc(C(=O)NC3CC3)cc2)C2CC2)cs1. The van der Waals surface area contributed by atoms with Crippen LogP contribution in [-0.2, 0) is 11.3 Å². The number of nitrogens with zero attached hydrogens (tertiary/aromatic N) is 2. The predicted molar refractivity (Wildman–Crippen MR) is 106 cm³/mol. The Morgan fingerprint density at radius 3 is 2.56 bits per heavy atom. The lowest BCUT2D eigenvalue weighted by Crippen LogP contribution is -2.31. The third-order valence-electron chi connectivity index (χ3n) is 4.79. The van der Waals surface area contributed by atoms with Crippen LogP contribution in [0.3, 0.4) is 0 Å². The van der Waals surface area contributed by atoms with E-state index in [2.05, 4.69) is 10.3 Å². The second kappa shape index (κ2) is 7.64. The standard InChI is InChI=1S/C21H23N3O2S/c1-14-22-18(13-27-14)8-11-20(25)24(19-9-10-19)12-15-2-4-16(5-3-15)21(26)23-17-6-7-17/h2-5,8,11,13,17,19H,6-7,9-10,12H2,1H3,(H,23,26)/b11-8+. The van der Waals surface area contributed by atoms with Gasteiger partial charge in [-0.05, 0) is 56.4 Å². The molecular formula is C21H23N3O2S. The van der Waals surface area contributed by atoms with Gasteiger partial charge in [0.15, 0.2) is 0 Å². The van der Waals surface area contributed by atoms with Crippen molar-refractivity contribution in [1.82, 2.24) is 15.2 Å². The van der Waals surface area contributed by atoms with E-state index in [4.69, 9.17) is 0 Å². The van der Waals surface area contributed by atoms with E-state index in [-0.39, 0.29) is 11.8 Å². The first-order valence-corrected chi connectivity index (χ1v) is 10.3. The summed E-state index contributed by atoms with van der Waals surface area (Å²) < 4.78 is 0. The first kappa shape index (κ1) is 17.9. The van der Waals surface area contributed by atoms with Gasteiger partial charge in [-0.3, -0.25) is 9.59 Å². The minimum absolute atomic E-state index is 0.0127. The largest absolute Gasteiger partial charge is 0.349 e. The molecule has 0 atom stereocenters. The number of thiazole rings is 1. The number of aryl methyl sites for hydroxylation is 1. The van der Waals surface area contributed by atoms with Gasteiger partial charge in [0.2, 0.25) is 5.91 Å². The molecule has 4 rings (SSSR count). The summed E-state index contributed by atoms with van der Waals surface area (Å²) in [7, 11) is 0. The smallest absolute Gasteiger partial charge is 0.251 e. The maximum Gasteiger partial charge on any atom is 0.251 e. The van der Waals surface area contributed by atoms with Crippen molar-refractivity contribution in [2.24, 2.45) is 0 Å². The molecule has 5 nitrogen and oxygen atoms in total. The first-order valence-electron chi connectivity index (χ1n) is 9.39. The minimum atomic E-state index is -0.0133. The summed E-state index contributed by atoms with van der Waals surface area (Å²) >= 11 is 1.58. The summed E-state index contributed by atoms with van der Waals surface area (Å²) in [6, 6.07) is 8.24. The van der Waals surface area contributed by atoms with Crippen LogP contribution in [0.25, 0.3) is 6.08 Å². The predicted octanol–water partition coefficient (Wildman–Crippen LogP) is 3.55. The van der Waals surface area contributed by atoms with E-state index in [1.165, 1.54) is 0 Å². The highest BCUT2D eigenvalue weighted by atomic mass is 32.1. The van der Waals surface area contributed by atoms with Gasteiger partial charge in [-0.25, -0.2) is 4.98 Å². The van der Waals surface area contributed by atoms with Crippen molar-refractivity contribution < 1.29 is 9.59 Å². The Bertz CT molecular complexity index is 864. The van der Waals surface area contributed by atoms with E-state index in [9.17, 15) is 9.59 Å². The number of benzene rings is 1. The molecule has 1 aromatic heterocycles. The van der Waals surface area contributed by atoms with Crippen LogP contribution in [0.2, 0.25) is 0 Å². The zero-order chi connectivity index (χ0) is 18.8. The fourth-order valence-electron chi connectivity index (χ4n) is 2.94. The second-order valence-electron chi connectivity index (χ2n) is 7.27. The highest BCUT2D eigenvalue weighted by molar-refractivity contribution is 7.09. The number of carbonyl (C=O) groups is 2. The molecule has 0 unspecified atom stereocenters. The van der Waals surface area contributed by atoms with Gasteiger partial charge in [-0.2, -0.15) is 0 Å². The Kier molecular flexibility index (Phi) is 5.07. The molecule has 0 saturated heterocycles.